The summed E-state index contributed by atoms with van der Waals surface area (Å²) in [6.45, 7) is 20.0. The number of methoxy groups -OCH3 is 1. The molecule has 3 fully saturated rings. The number of nitrogens with two attached hydrogens (primary N) is 2. The summed E-state index contributed by atoms with van der Waals surface area (Å²) in [5.74, 6) is 0.0945. The number of amides is 1. The van der Waals surface area contributed by atoms with Gasteiger partial charge in [-0.3, -0.25) is 19.4 Å². The van der Waals surface area contributed by atoms with Gasteiger partial charge in [-0.1, -0.05) is 0 Å². The molecule has 252 valence electrons. The third-order valence-corrected chi connectivity index (χ3v) is 7.92. The number of pyridine rings is 1. The maximum Gasteiger partial charge on any atom is 0.389 e. The lowest BCUT2D eigenvalue weighted by Crippen LogP contribution is -2.48. The molecule has 0 spiro atoms. The average Bonchev–Trinajstić information content (AvgIpc) is 2.98. The molecule has 44 heavy (non-hydrogen) atoms. The van der Waals surface area contributed by atoms with Gasteiger partial charge >= 0.3 is 5.91 Å². The number of likely N-dealkylation sites (N-methyl/N-ethyl adjacent to an activating group) is 3. The Kier molecular flexibility index (Phi) is 18.6. The largest absolute Gasteiger partial charge is 0.449 e. The van der Waals surface area contributed by atoms with Gasteiger partial charge in [0.05, 0.1) is 18.3 Å². The number of nitrogens with zero attached hydrogens (tertiary/aromatic N) is 7. The highest BCUT2D eigenvalue weighted by molar-refractivity contribution is 5.73. The van der Waals surface area contributed by atoms with Gasteiger partial charge in [0.1, 0.15) is 6.23 Å². The molecule has 1 aromatic heterocycles. The van der Waals surface area contributed by atoms with Crippen LogP contribution in [0.25, 0.3) is 0 Å². The van der Waals surface area contributed by atoms with Crippen LogP contribution in [-0.2, 0) is 19.1 Å². The van der Waals surface area contributed by atoms with E-state index in [0.29, 0.717) is 17.8 Å². The number of piperazine rings is 3. The van der Waals surface area contributed by atoms with Crippen molar-refractivity contribution in [2.75, 3.05) is 118 Å². The molecular formula is C30H58N9O5+. The average molecular weight is 625 g/mol. The van der Waals surface area contributed by atoms with Gasteiger partial charge in [0.15, 0.2) is 6.23 Å². The van der Waals surface area contributed by atoms with E-state index < -0.39 is 0 Å². The first-order valence-corrected chi connectivity index (χ1v) is 15.3. The third kappa shape index (κ3) is 15.7. The predicted octanol–water partition coefficient (Wildman–Crippen LogP) is -0.442. The van der Waals surface area contributed by atoms with Crippen LogP contribution in [0.3, 0.4) is 0 Å². The molecule has 3 saturated heterocycles. The zero-order valence-corrected chi connectivity index (χ0v) is 28.3. The Morgan fingerprint density at radius 2 is 1.14 bits per heavy atom. The van der Waals surface area contributed by atoms with Gasteiger partial charge in [0, 0.05) is 92.6 Å². The number of aromatic nitrogens is 1. The highest BCUT2D eigenvalue weighted by atomic mass is 16.5. The van der Waals surface area contributed by atoms with E-state index in [4.69, 9.17) is 20.9 Å². The number of anilines is 2. The first-order valence-electron chi connectivity index (χ1n) is 15.3. The van der Waals surface area contributed by atoms with Crippen molar-refractivity contribution in [1.82, 2.24) is 29.4 Å². The Morgan fingerprint density at radius 1 is 0.750 bits per heavy atom. The van der Waals surface area contributed by atoms with E-state index in [1.165, 1.54) is 23.9 Å². The molecule has 14 nitrogen and oxygen atoms in total. The van der Waals surface area contributed by atoms with Gasteiger partial charge in [0.2, 0.25) is 18.3 Å². The summed E-state index contributed by atoms with van der Waals surface area (Å²) in [7, 11) is 8.11. The van der Waals surface area contributed by atoms with Crippen LogP contribution >= 0.6 is 0 Å². The third-order valence-electron chi connectivity index (χ3n) is 7.92. The van der Waals surface area contributed by atoms with Crippen molar-refractivity contribution in [2.24, 2.45) is 0 Å². The zero-order chi connectivity index (χ0) is 33.2. The summed E-state index contributed by atoms with van der Waals surface area (Å²) in [6, 6.07) is 1.60. The molecule has 2 atom stereocenters. The van der Waals surface area contributed by atoms with E-state index in [1.807, 2.05) is 11.8 Å². The predicted molar refractivity (Wildman–Crippen MR) is 173 cm³/mol. The van der Waals surface area contributed by atoms with Gasteiger partial charge in [-0.15, -0.1) is 4.57 Å². The SMILES string of the molecule is CC(=O)N1CCN(C)CC1.CC(=O)[n+]1cc(N)cc(N)c1.CC(OC=O)N1CCN(C)CC1.COC(C)N1CCN(C)CC1. The lowest BCUT2D eigenvalue weighted by Gasteiger charge is -2.35. The zero-order valence-electron chi connectivity index (χ0n) is 28.3. The molecule has 0 radical (unpaired) electrons. The standard InChI is InChI=1S/C8H16N2O2.C8H18N2O.C7H10N3O.C7H14N2O/c1-8(12-7-11)10-5-3-9(2)4-6-10;1-8(11-3)10-6-4-9(2)5-7-10;1-5(11)10-3-6(8)2-7(9)4-10;1-7(10)9-5-3-8(2)4-6-9/h7-8H,3-6H2,1-2H3;8H,4-7H2,1-3H3;2-4H,8-9H2,1H3;3-6H2,1-2H3/q;;+1;. The molecule has 0 aromatic carbocycles. The lowest BCUT2D eigenvalue weighted by molar-refractivity contribution is -0.571. The summed E-state index contributed by atoms with van der Waals surface area (Å²) in [5, 5.41) is 0. The van der Waals surface area contributed by atoms with E-state index in [9.17, 15) is 14.4 Å². The molecule has 0 aliphatic carbocycles. The van der Waals surface area contributed by atoms with Crippen molar-refractivity contribution >= 4 is 29.7 Å². The molecule has 3 aliphatic heterocycles. The van der Waals surface area contributed by atoms with Gasteiger partial charge < -0.3 is 40.5 Å². The number of hydrogen-bond acceptors (Lipinski definition) is 12. The van der Waals surface area contributed by atoms with Gasteiger partial charge in [-0.25, -0.2) is 4.79 Å². The van der Waals surface area contributed by atoms with Crippen LogP contribution in [0.15, 0.2) is 18.5 Å². The van der Waals surface area contributed by atoms with Gasteiger partial charge in [0.25, 0.3) is 6.47 Å². The normalized spacial score (nSPS) is 20.0. The minimum absolute atomic E-state index is 0.0730. The maximum absolute atomic E-state index is 10.8. The molecule has 1 amide bonds. The molecular weight excluding hydrogens is 566 g/mol. The Balaban J connectivity index is 0.000000294. The number of hydrogen-bond donors (Lipinski definition) is 2. The lowest BCUT2D eigenvalue weighted by atomic mass is 10.3. The number of carbonyl (C=O) groups is 3. The fourth-order valence-corrected chi connectivity index (χ4v) is 4.62. The van der Waals surface area contributed by atoms with E-state index in [-0.39, 0.29) is 24.3 Å². The number of nitrogen functional groups attached to an aromatic ring is 2. The van der Waals surface area contributed by atoms with Crippen molar-refractivity contribution in [2.45, 2.75) is 40.2 Å². The Hall–Kier alpha value is -2.88. The molecule has 4 rings (SSSR count). The first kappa shape index (κ1) is 39.1. The van der Waals surface area contributed by atoms with Crippen molar-refractivity contribution in [3.8, 4) is 0 Å². The summed E-state index contributed by atoms with van der Waals surface area (Å²) >= 11 is 0. The molecule has 0 saturated carbocycles. The van der Waals surface area contributed by atoms with Crippen molar-refractivity contribution in [1.29, 1.82) is 0 Å². The summed E-state index contributed by atoms with van der Waals surface area (Å²) in [6.07, 6.45) is 3.26. The number of carbonyl (C=O) groups excluding carboxylic acids is 3. The van der Waals surface area contributed by atoms with E-state index in [1.54, 1.807) is 20.1 Å². The molecule has 4 N–H and O–H groups in total. The monoisotopic (exact) mass is 624 g/mol. The molecule has 2 unspecified atom stereocenters. The second-order valence-corrected chi connectivity index (χ2v) is 11.5. The van der Waals surface area contributed by atoms with Crippen LogP contribution in [0.2, 0.25) is 0 Å². The first-order chi connectivity index (χ1) is 20.8. The highest BCUT2D eigenvalue weighted by Gasteiger charge is 2.20. The van der Waals surface area contributed by atoms with Crippen molar-refractivity contribution in [3.63, 3.8) is 0 Å². The Labute approximate surface area is 264 Å². The summed E-state index contributed by atoms with van der Waals surface area (Å²) < 4.78 is 11.4. The quantitative estimate of drug-likeness (QED) is 0.324. The second kappa shape index (κ2) is 21.0. The van der Waals surface area contributed by atoms with Crippen LogP contribution < -0.4 is 16.0 Å². The molecule has 1 aromatic rings. The molecule has 14 heteroatoms. The van der Waals surface area contributed by atoms with E-state index in [0.717, 1.165) is 78.5 Å². The Bertz CT molecular complexity index is 957. The number of ether oxygens (including phenoxy) is 2. The fourth-order valence-electron chi connectivity index (χ4n) is 4.62. The highest BCUT2D eigenvalue weighted by Crippen LogP contribution is 2.06. The summed E-state index contributed by atoms with van der Waals surface area (Å²) in [4.78, 5) is 44.9. The molecule has 4 heterocycles. The summed E-state index contributed by atoms with van der Waals surface area (Å²) in [5.41, 5.74) is 11.9. The van der Waals surface area contributed by atoms with Crippen LogP contribution in [0.5, 0.6) is 0 Å². The smallest absolute Gasteiger partial charge is 0.389 e. The molecule has 3 aliphatic rings. The van der Waals surface area contributed by atoms with E-state index >= 15 is 0 Å². The second-order valence-electron chi connectivity index (χ2n) is 11.5. The van der Waals surface area contributed by atoms with E-state index in [2.05, 4.69) is 52.6 Å². The van der Waals surface area contributed by atoms with Crippen LogP contribution in [0, 0.1) is 0 Å². The molecule has 0 bridgehead atoms. The fraction of sp³-hybridized carbons (Fsp3) is 0.733. The Morgan fingerprint density at radius 3 is 1.48 bits per heavy atom. The van der Waals surface area contributed by atoms with Crippen LogP contribution in [0.4, 0.5) is 11.4 Å². The minimum Gasteiger partial charge on any atom is -0.449 e. The number of rotatable bonds is 5. The van der Waals surface area contributed by atoms with Gasteiger partial charge in [-0.05, 0) is 41.1 Å². The minimum atomic E-state index is -0.107. The topological polar surface area (TPSA) is 145 Å². The maximum atomic E-state index is 10.8. The van der Waals surface area contributed by atoms with Crippen molar-refractivity contribution < 1.29 is 28.4 Å². The van der Waals surface area contributed by atoms with Crippen molar-refractivity contribution in [3.05, 3.63) is 18.5 Å². The van der Waals surface area contributed by atoms with Crippen LogP contribution in [0.1, 0.15) is 32.5 Å². The van der Waals surface area contributed by atoms with Gasteiger partial charge in [-0.2, -0.15) is 0 Å². The van der Waals surface area contributed by atoms with Crippen LogP contribution in [-0.4, -0.2) is 167 Å².